The molecule has 0 fully saturated rings. The van der Waals surface area contributed by atoms with Gasteiger partial charge in [0.05, 0.1) is 0 Å². The van der Waals surface area contributed by atoms with E-state index in [4.69, 9.17) is 0 Å². The summed E-state index contributed by atoms with van der Waals surface area (Å²) in [5.74, 6) is -0.714. The second-order valence-corrected chi connectivity index (χ2v) is 4.77. The van der Waals surface area contributed by atoms with E-state index >= 15 is 0 Å². The molecule has 1 N–H and O–H groups in total. The van der Waals surface area contributed by atoms with Crippen LogP contribution in [0.2, 0.25) is 0 Å². The van der Waals surface area contributed by atoms with Gasteiger partial charge in [-0.15, -0.1) is 0 Å². The molecule has 2 aromatic carbocycles. The SMILES string of the molecule is CC(=O)N(CCNC(=O)c1ccccc1)c1ccc(F)cc1. The minimum absolute atomic E-state index is 0.166. The summed E-state index contributed by atoms with van der Waals surface area (Å²) in [7, 11) is 0. The standard InChI is InChI=1S/C17H17FN2O2/c1-13(21)20(16-9-7-15(18)8-10-16)12-11-19-17(22)14-5-3-2-4-6-14/h2-10H,11-12H2,1H3,(H,19,22). The molecule has 2 aromatic rings. The molecule has 0 unspecified atom stereocenters. The van der Waals surface area contributed by atoms with Crippen molar-refractivity contribution in [3.8, 4) is 0 Å². The van der Waals surface area contributed by atoms with E-state index in [2.05, 4.69) is 5.32 Å². The fraction of sp³-hybridized carbons (Fsp3) is 0.176. The normalized spacial score (nSPS) is 10.1. The highest BCUT2D eigenvalue weighted by Crippen LogP contribution is 2.14. The molecule has 0 heterocycles. The van der Waals surface area contributed by atoms with Gasteiger partial charge in [-0.2, -0.15) is 0 Å². The molecule has 22 heavy (non-hydrogen) atoms. The third-order valence-corrected chi connectivity index (χ3v) is 3.18. The number of carbonyl (C=O) groups excluding carboxylic acids is 2. The smallest absolute Gasteiger partial charge is 0.251 e. The van der Waals surface area contributed by atoms with Crippen molar-refractivity contribution < 1.29 is 14.0 Å². The molecule has 4 nitrogen and oxygen atoms in total. The van der Waals surface area contributed by atoms with Crippen molar-refractivity contribution in [1.29, 1.82) is 0 Å². The Bertz CT molecular complexity index is 641. The lowest BCUT2D eigenvalue weighted by Gasteiger charge is -2.21. The van der Waals surface area contributed by atoms with Gasteiger partial charge in [0.25, 0.3) is 5.91 Å². The minimum Gasteiger partial charge on any atom is -0.350 e. The number of anilines is 1. The zero-order chi connectivity index (χ0) is 15.9. The van der Waals surface area contributed by atoms with Crippen LogP contribution in [0.5, 0.6) is 0 Å². The first-order valence-electron chi connectivity index (χ1n) is 6.95. The van der Waals surface area contributed by atoms with Crippen LogP contribution in [0.3, 0.4) is 0 Å². The van der Waals surface area contributed by atoms with E-state index < -0.39 is 0 Å². The lowest BCUT2D eigenvalue weighted by Crippen LogP contribution is -2.37. The number of rotatable bonds is 5. The number of carbonyl (C=O) groups is 2. The number of nitrogens with zero attached hydrogens (tertiary/aromatic N) is 1. The first-order valence-corrected chi connectivity index (χ1v) is 6.95. The van der Waals surface area contributed by atoms with Crippen molar-refractivity contribution in [2.45, 2.75) is 6.92 Å². The molecule has 0 spiro atoms. The van der Waals surface area contributed by atoms with Crippen LogP contribution < -0.4 is 10.2 Å². The third-order valence-electron chi connectivity index (χ3n) is 3.18. The zero-order valence-corrected chi connectivity index (χ0v) is 12.3. The van der Waals surface area contributed by atoms with Gasteiger partial charge in [-0.3, -0.25) is 9.59 Å². The van der Waals surface area contributed by atoms with Crippen molar-refractivity contribution in [3.05, 3.63) is 66.0 Å². The summed E-state index contributed by atoms with van der Waals surface area (Å²) in [6, 6.07) is 14.5. The predicted molar refractivity (Wildman–Crippen MR) is 83.2 cm³/mol. The number of benzene rings is 2. The van der Waals surface area contributed by atoms with Crippen LogP contribution >= 0.6 is 0 Å². The van der Waals surface area contributed by atoms with Crippen molar-refractivity contribution in [1.82, 2.24) is 5.32 Å². The highest BCUT2D eigenvalue weighted by Gasteiger charge is 2.12. The Balaban J connectivity index is 1.94. The van der Waals surface area contributed by atoms with Crippen LogP contribution in [0.1, 0.15) is 17.3 Å². The molecule has 0 aliphatic rings. The molecule has 2 amide bonds. The van der Waals surface area contributed by atoms with Crippen LogP contribution in [0.15, 0.2) is 54.6 Å². The van der Waals surface area contributed by atoms with Crippen molar-refractivity contribution >= 4 is 17.5 Å². The van der Waals surface area contributed by atoms with Gasteiger partial charge in [-0.25, -0.2) is 4.39 Å². The summed E-state index contributed by atoms with van der Waals surface area (Å²) < 4.78 is 12.9. The summed E-state index contributed by atoms with van der Waals surface area (Å²) in [5, 5.41) is 2.76. The largest absolute Gasteiger partial charge is 0.350 e. The Morgan fingerprint density at radius 3 is 2.27 bits per heavy atom. The molecule has 0 aliphatic heterocycles. The Labute approximate surface area is 128 Å². The third kappa shape index (κ3) is 4.15. The van der Waals surface area contributed by atoms with Gasteiger partial charge in [-0.1, -0.05) is 18.2 Å². The van der Waals surface area contributed by atoms with Crippen LogP contribution in [0.25, 0.3) is 0 Å². The fourth-order valence-electron chi connectivity index (χ4n) is 2.06. The average Bonchev–Trinajstić information content (AvgIpc) is 2.53. The molecule has 0 aliphatic carbocycles. The van der Waals surface area contributed by atoms with Crippen LogP contribution in [-0.2, 0) is 4.79 Å². The van der Waals surface area contributed by atoms with E-state index in [0.717, 1.165) is 0 Å². The Morgan fingerprint density at radius 1 is 1.05 bits per heavy atom. The van der Waals surface area contributed by atoms with E-state index in [-0.39, 0.29) is 17.6 Å². The Kier molecular flexibility index (Phi) is 5.25. The van der Waals surface area contributed by atoms with Gasteiger partial charge >= 0.3 is 0 Å². The second-order valence-electron chi connectivity index (χ2n) is 4.77. The maximum atomic E-state index is 12.9. The highest BCUT2D eigenvalue weighted by molar-refractivity contribution is 5.94. The first kappa shape index (κ1) is 15.7. The van der Waals surface area contributed by atoms with Crippen LogP contribution in [-0.4, -0.2) is 24.9 Å². The number of nitrogens with one attached hydrogen (secondary N) is 1. The first-order chi connectivity index (χ1) is 10.6. The van der Waals surface area contributed by atoms with Crippen molar-refractivity contribution in [2.75, 3.05) is 18.0 Å². The van der Waals surface area contributed by atoms with Gasteiger partial charge in [0.15, 0.2) is 0 Å². The molecule has 114 valence electrons. The minimum atomic E-state index is -0.357. The Hall–Kier alpha value is -2.69. The van der Waals surface area contributed by atoms with Gasteiger partial charge < -0.3 is 10.2 Å². The van der Waals surface area contributed by atoms with E-state index in [1.54, 1.807) is 24.3 Å². The summed E-state index contributed by atoms with van der Waals surface area (Å²) in [4.78, 5) is 25.1. The fourth-order valence-corrected chi connectivity index (χ4v) is 2.06. The molecule has 0 atom stereocenters. The highest BCUT2D eigenvalue weighted by atomic mass is 19.1. The monoisotopic (exact) mass is 300 g/mol. The predicted octanol–water partition coefficient (Wildman–Crippen LogP) is 2.61. The summed E-state index contributed by atoms with van der Waals surface area (Å²) in [6.45, 7) is 2.06. The molecule has 0 saturated heterocycles. The molecule has 0 radical (unpaired) electrons. The molecule has 2 rings (SSSR count). The number of amides is 2. The topological polar surface area (TPSA) is 49.4 Å². The number of hydrogen-bond acceptors (Lipinski definition) is 2. The van der Waals surface area contributed by atoms with E-state index in [9.17, 15) is 14.0 Å². The summed E-state index contributed by atoms with van der Waals surface area (Å²) in [5.41, 5.74) is 1.17. The van der Waals surface area contributed by atoms with Gasteiger partial charge in [0.1, 0.15) is 5.82 Å². The van der Waals surface area contributed by atoms with Crippen molar-refractivity contribution in [3.63, 3.8) is 0 Å². The summed E-state index contributed by atoms with van der Waals surface area (Å²) in [6.07, 6.45) is 0. The average molecular weight is 300 g/mol. The molecule has 0 aromatic heterocycles. The van der Waals surface area contributed by atoms with E-state index in [1.165, 1.54) is 36.1 Å². The lowest BCUT2D eigenvalue weighted by atomic mass is 10.2. The molecule has 0 saturated carbocycles. The Morgan fingerprint density at radius 2 is 1.68 bits per heavy atom. The number of hydrogen-bond donors (Lipinski definition) is 1. The quantitative estimate of drug-likeness (QED) is 0.922. The zero-order valence-electron chi connectivity index (χ0n) is 12.3. The van der Waals surface area contributed by atoms with Gasteiger partial charge in [0, 0.05) is 31.3 Å². The molecule has 5 heteroatoms. The van der Waals surface area contributed by atoms with Crippen LogP contribution in [0, 0.1) is 5.82 Å². The molecular weight excluding hydrogens is 283 g/mol. The summed E-state index contributed by atoms with van der Waals surface area (Å²) >= 11 is 0. The van der Waals surface area contributed by atoms with Crippen LogP contribution in [0.4, 0.5) is 10.1 Å². The lowest BCUT2D eigenvalue weighted by molar-refractivity contribution is -0.116. The van der Waals surface area contributed by atoms with Gasteiger partial charge in [0.2, 0.25) is 5.91 Å². The second kappa shape index (κ2) is 7.36. The van der Waals surface area contributed by atoms with E-state index in [1.807, 2.05) is 6.07 Å². The van der Waals surface area contributed by atoms with E-state index in [0.29, 0.717) is 24.3 Å². The molecule has 0 bridgehead atoms. The van der Waals surface area contributed by atoms with Crippen molar-refractivity contribution in [2.24, 2.45) is 0 Å². The maximum Gasteiger partial charge on any atom is 0.251 e. The maximum absolute atomic E-state index is 12.9. The number of halogens is 1. The van der Waals surface area contributed by atoms with Gasteiger partial charge in [-0.05, 0) is 36.4 Å². The molecular formula is C17H17FN2O2.